The molecule has 1 amide bonds. The third kappa shape index (κ3) is 3.19. The first-order chi connectivity index (χ1) is 7.07. The Balaban J connectivity index is 1.71. The van der Waals surface area contributed by atoms with Gasteiger partial charge in [0.2, 0.25) is 5.91 Å². The van der Waals surface area contributed by atoms with E-state index < -0.39 is 9.84 Å². The van der Waals surface area contributed by atoms with Crippen molar-refractivity contribution in [1.82, 2.24) is 5.32 Å². The van der Waals surface area contributed by atoms with Crippen molar-refractivity contribution in [2.24, 2.45) is 11.8 Å². The van der Waals surface area contributed by atoms with Crippen LogP contribution in [0.4, 0.5) is 0 Å². The van der Waals surface area contributed by atoms with Crippen molar-refractivity contribution in [2.75, 3.05) is 18.1 Å². The standard InChI is InChI=1S/C10H17NO3S/c12-10(11-5-3-8-1-2-8)9-4-6-15(13,14)7-9/h8-9H,1-7H2,(H,11,12). The van der Waals surface area contributed by atoms with Gasteiger partial charge in [0.05, 0.1) is 17.4 Å². The molecule has 86 valence electrons. The Bertz CT molecular complexity index is 346. The van der Waals surface area contributed by atoms with E-state index >= 15 is 0 Å². The highest BCUT2D eigenvalue weighted by atomic mass is 32.2. The molecular formula is C10H17NO3S. The number of hydrogen-bond acceptors (Lipinski definition) is 3. The second-order valence-corrected chi connectivity index (χ2v) is 6.85. The Kier molecular flexibility index (Phi) is 3.00. The van der Waals surface area contributed by atoms with Crippen LogP contribution in [0.5, 0.6) is 0 Å². The van der Waals surface area contributed by atoms with E-state index in [4.69, 9.17) is 0 Å². The zero-order valence-corrected chi connectivity index (χ0v) is 9.55. The molecule has 15 heavy (non-hydrogen) atoms. The van der Waals surface area contributed by atoms with Crippen LogP contribution in [0.2, 0.25) is 0 Å². The van der Waals surface area contributed by atoms with Crippen molar-refractivity contribution in [3.63, 3.8) is 0 Å². The molecule has 1 saturated heterocycles. The predicted molar refractivity (Wildman–Crippen MR) is 57.1 cm³/mol. The molecule has 1 unspecified atom stereocenters. The van der Waals surface area contributed by atoms with Gasteiger partial charge in [-0.05, 0) is 18.8 Å². The first-order valence-corrected chi connectivity index (χ1v) is 7.37. The van der Waals surface area contributed by atoms with E-state index in [9.17, 15) is 13.2 Å². The Morgan fingerprint density at radius 3 is 2.53 bits per heavy atom. The predicted octanol–water partition coefficient (Wildman–Crippen LogP) is 0.337. The van der Waals surface area contributed by atoms with Gasteiger partial charge in [0.25, 0.3) is 0 Å². The van der Waals surface area contributed by atoms with Gasteiger partial charge in [0.1, 0.15) is 0 Å². The minimum atomic E-state index is -2.93. The molecule has 0 spiro atoms. The van der Waals surface area contributed by atoms with E-state index in [0.29, 0.717) is 13.0 Å². The molecule has 0 bridgehead atoms. The van der Waals surface area contributed by atoms with Crippen LogP contribution in [0.1, 0.15) is 25.7 Å². The molecule has 2 fully saturated rings. The third-order valence-electron chi connectivity index (χ3n) is 3.15. The largest absolute Gasteiger partial charge is 0.356 e. The number of carbonyl (C=O) groups is 1. The molecule has 1 saturated carbocycles. The van der Waals surface area contributed by atoms with Crippen molar-refractivity contribution < 1.29 is 13.2 Å². The Labute approximate surface area is 90.3 Å². The second kappa shape index (κ2) is 4.12. The van der Waals surface area contributed by atoms with E-state index in [2.05, 4.69) is 5.32 Å². The van der Waals surface area contributed by atoms with Gasteiger partial charge >= 0.3 is 0 Å². The Morgan fingerprint density at radius 1 is 1.27 bits per heavy atom. The number of carbonyl (C=O) groups excluding carboxylic acids is 1. The van der Waals surface area contributed by atoms with Crippen LogP contribution < -0.4 is 5.32 Å². The van der Waals surface area contributed by atoms with Gasteiger partial charge in [0.15, 0.2) is 9.84 Å². The monoisotopic (exact) mass is 231 g/mol. The smallest absolute Gasteiger partial charge is 0.224 e. The van der Waals surface area contributed by atoms with Crippen molar-refractivity contribution in [2.45, 2.75) is 25.7 Å². The molecule has 1 atom stereocenters. The number of rotatable bonds is 4. The molecule has 2 rings (SSSR count). The molecule has 1 heterocycles. The second-order valence-electron chi connectivity index (χ2n) is 4.62. The zero-order chi connectivity index (χ0) is 10.9. The van der Waals surface area contributed by atoms with Crippen molar-refractivity contribution in [3.05, 3.63) is 0 Å². The van der Waals surface area contributed by atoms with Gasteiger partial charge in [0, 0.05) is 6.54 Å². The fraction of sp³-hybridized carbons (Fsp3) is 0.900. The fourth-order valence-corrected chi connectivity index (χ4v) is 3.69. The molecule has 4 nitrogen and oxygen atoms in total. The van der Waals surface area contributed by atoms with Crippen LogP contribution in [-0.2, 0) is 14.6 Å². The number of amides is 1. The summed E-state index contributed by atoms with van der Waals surface area (Å²) in [6.45, 7) is 0.708. The molecule has 1 N–H and O–H groups in total. The summed E-state index contributed by atoms with van der Waals surface area (Å²) in [5, 5.41) is 2.83. The minimum absolute atomic E-state index is 0.0439. The Hall–Kier alpha value is -0.580. The molecule has 2 aliphatic rings. The molecule has 1 aliphatic carbocycles. The molecule has 5 heteroatoms. The van der Waals surface area contributed by atoms with Crippen LogP contribution in [-0.4, -0.2) is 32.4 Å². The van der Waals surface area contributed by atoms with Gasteiger partial charge < -0.3 is 5.32 Å². The lowest BCUT2D eigenvalue weighted by molar-refractivity contribution is -0.124. The highest BCUT2D eigenvalue weighted by Gasteiger charge is 2.32. The fourth-order valence-electron chi connectivity index (χ4n) is 1.95. The first kappa shape index (κ1) is 10.9. The SMILES string of the molecule is O=C(NCCC1CC1)C1CCS(=O)(=O)C1. The normalized spacial score (nSPS) is 28.9. The van der Waals surface area contributed by atoms with Crippen LogP contribution in [0.15, 0.2) is 0 Å². The lowest BCUT2D eigenvalue weighted by Crippen LogP contribution is -2.32. The summed E-state index contributed by atoms with van der Waals surface area (Å²) >= 11 is 0. The summed E-state index contributed by atoms with van der Waals surface area (Å²) in [4.78, 5) is 11.6. The van der Waals surface area contributed by atoms with Crippen LogP contribution in [0.25, 0.3) is 0 Å². The lowest BCUT2D eigenvalue weighted by atomic mass is 10.1. The molecule has 1 aliphatic heterocycles. The van der Waals surface area contributed by atoms with Crippen molar-refractivity contribution in [1.29, 1.82) is 0 Å². The molecule has 0 aromatic heterocycles. The average molecular weight is 231 g/mol. The highest BCUT2D eigenvalue weighted by Crippen LogP contribution is 2.31. The molecule has 0 aromatic rings. The van der Waals surface area contributed by atoms with E-state index in [1.165, 1.54) is 12.8 Å². The summed E-state index contributed by atoms with van der Waals surface area (Å²) in [7, 11) is -2.93. The summed E-state index contributed by atoms with van der Waals surface area (Å²) in [5.41, 5.74) is 0. The van der Waals surface area contributed by atoms with Gasteiger partial charge in [-0.25, -0.2) is 8.42 Å². The molecular weight excluding hydrogens is 214 g/mol. The van der Waals surface area contributed by atoms with Crippen molar-refractivity contribution >= 4 is 15.7 Å². The minimum Gasteiger partial charge on any atom is -0.356 e. The summed E-state index contributed by atoms with van der Waals surface area (Å²) in [6.07, 6.45) is 4.12. The number of nitrogens with one attached hydrogen (secondary N) is 1. The maximum Gasteiger partial charge on any atom is 0.224 e. The quantitative estimate of drug-likeness (QED) is 0.758. The number of hydrogen-bond donors (Lipinski definition) is 1. The van der Waals surface area contributed by atoms with Gasteiger partial charge in [-0.1, -0.05) is 12.8 Å². The maximum absolute atomic E-state index is 11.6. The lowest BCUT2D eigenvalue weighted by Gasteiger charge is -2.08. The van der Waals surface area contributed by atoms with E-state index in [1.807, 2.05) is 0 Å². The van der Waals surface area contributed by atoms with Crippen molar-refractivity contribution in [3.8, 4) is 0 Å². The van der Waals surface area contributed by atoms with Crippen LogP contribution in [0, 0.1) is 11.8 Å². The van der Waals surface area contributed by atoms with E-state index in [1.54, 1.807) is 0 Å². The van der Waals surface area contributed by atoms with Gasteiger partial charge in [-0.3, -0.25) is 4.79 Å². The van der Waals surface area contributed by atoms with Crippen LogP contribution >= 0.6 is 0 Å². The summed E-state index contributed by atoms with van der Waals surface area (Å²) < 4.78 is 22.3. The molecule has 0 aromatic carbocycles. The topological polar surface area (TPSA) is 63.2 Å². The number of sulfone groups is 1. The summed E-state index contributed by atoms with van der Waals surface area (Å²) in [6, 6.07) is 0. The average Bonchev–Trinajstić information content (AvgIpc) is 2.90. The summed E-state index contributed by atoms with van der Waals surface area (Å²) in [5.74, 6) is 0.652. The van der Waals surface area contributed by atoms with Gasteiger partial charge in [-0.15, -0.1) is 0 Å². The van der Waals surface area contributed by atoms with Crippen LogP contribution in [0.3, 0.4) is 0 Å². The van der Waals surface area contributed by atoms with E-state index in [0.717, 1.165) is 12.3 Å². The molecule has 0 radical (unpaired) electrons. The zero-order valence-electron chi connectivity index (χ0n) is 8.74. The first-order valence-electron chi connectivity index (χ1n) is 5.55. The third-order valence-corrected chi connectivity index (χ3v) is 4.92. The van der Waals surface area contributed by atoms with Gasteiger partial charge in [-0.2, -0.15) is 0 Å². The highest BCUT2D eigenvalue weighted by molar-refractivity contribution is 7.91. The Morgan fingerprint density at radius 2 is 2.00 bits per heavy atom. The maximum atomic E-state index is 11.6. The van der Waals surface area contributed by atoms with E-state index in [-0.39, 0.29) is 23.3 Å².